The summed E-state index contributed by atoms with van der Waals surface area (Å²) < 4.78 is 6.26. The van der Waals surface area contributed by atoms with E-state index in [0.717, 1.165) is 24.0 Å². The van der Waals surface area contributed by atoms with Crippen molar-refractivity contribution in [1.82, 2.24) is 0 Å². The zero-order chi connectivity index (χ0) is 7.40. The van der Waals surface area contributed by atoms with Crippen LogP contribution in [0.5, 0.6) is 0 Å². The van der Waals surface area contributed by atoms with E-state index < -0.39 is 0 Å². The van der Waals surface area contributed by atoms with Gasteiger partial charge in [0.25, 0.3) is 0 Å². The topological polar surface area (TPSA) is 29.3 Å². The first kappa shape index (κ1) is 7.66. The number of hydrogen-bond acceptors (Lipinski definition) is 2. The summed E-state index contributed by atoms with van der Waals surface area (Å²) in [5.74, 6) is 0. The molecule has 1 fully saturated rings. The highest BCUT2D eigenvalue weighted by atomic mass is 16.5. The van der Waals surface area contributed by atoms with Crippen molar-refractivity contribution in [2.24, 2.45) is 0 Å². The molecule has 1 aliphatic rings. The molecule has 3 nitrogen and oxygen atoms in total. The maximum absolute atomic E-state index is 11.0. The van der Waals surface area contributed by atoms with Crippen molar-refractivity contribution < 1.29 is 9.50 Å². The van der Waals surface area contributed by atoms with E-state index in [1.54, 1.807) is 0 Å². The third kappa shape index (κ3) is 1.77. The normalized spacial score (nSPS) is 26.9. The van der Waals surface area contributed by atoms with Crippen LogP contribution < -0.4 is 0 Å². The molecular formula is C7H14NO2+. The summed E-state index contributed by atoms with van der Waals surface area (Å²) in [5.41, 5.74) is 0. The minimum absolute atomic E-state index is 0.154. The summed E-state index contributed by atoms with van der Waals surface area (Å²) >= 11 is 0. The number of piperidine rings is 1. The average Bonchev–Trinajstić information content (AvgIpc) is 1.94. The second kappa shape index (κ2) is 3.66. The molecule has 0 aromatic carbocycles. The monoisotopic (exact) mass is 144 g/mol. The van der Waals surface area contributed by atoms with Gasteiger partial charge in [0.05, 0.1) is 6.61 Å². The molecule has 10 heavy (non-hydrogen) atoms. The second-order valence-electron chi connectivity index (χ2n) is 2.55. The summed E-state index contributed by atoms with van der Waals surface area (Å²) in [6, 6.07) is 0. The van der Waals surface area contributed by atoms with Crippen LogP contribution in [0.15, 0.2) is 0 Å². The van der Waals surface area contributed by atoms with Gasteiger partial charge in [0.2, 0.25) is 0 Å². The van der Waals surface area contributed by atoms with Gasteiger partial charge in [0.15, 0.2) is 6.54 Å². The fourth-order valence-corrected chi connectivity index (χ4v) is 1.23. The van der Waals surface area contributed by atoms with E-state index in [2.05, 4.69) is 0 Å². The minimum Gasteiger partial charge on any atom is -0.318 e. The summed E-state index contributed by atoms with van der Waals surface area (Å²) in [5, 5.41) is 0. The largest absolute Gasteiger partial charge is 0.318 e. The van der Waals surface area contributed by atoms with E-state index in [0.29, 0.717) is 13.2 Å². The Morgan fingerprint density at radius 3 is 3.00 bits per heavy atom. The van der Waals surface area contributed by atoms with Gasteiger partial charge >= 0.3 is 6.23 Å². The molecule has 1 unspecified atom stereocenters. The lowest BCUT2D eigenvalue weighted by atomic mass is 10.1. The van der Waals surface area contributed by atoms with E-state index in [-0.39, 0.29) is 6.23 Å². The molecule has 0 N–H and O–H groups in total. The van der Waals surface area contributed by atoms with E-state index in [9.17, 15) is 4.91 Å². The molecule has 58 valence electrons. The van der Waals surface area contributed by atoms with Crippen LogP contribution in [0, 0.1) is 4.91 Å². The molecule has 0 amide bonds. The van der Waals surface area contributed by atoms with Gasteiger partial charge in [-0.3, -0.25) is 0 Å². The van der Waals surface area contributed by atoms with Crippen LogP contribution >= 0.6 is 0 Å². The standard InChI is InChI=1S/C7H14NO2/c1-2-10-7-5-3-4-6-8(7)9/h7H,2-6H2,1H3/q+1. The molecule has 0 aromatic heterocycles. The van der Waals surface area contributed by atoms with Crippen LogP contribution in [0.3, 0.4) is 0 Å². The highest BCUT2D eigenvalue weighted by Crippen LogP contribution is 2.12. The molecule has 0 spiro atoms. The molecule has 0 aromatic rings. The van der Waals surface area contributed by atoms with E-state index >= 15 is 0 Å². The van der Waals surface area contributed by atoms with Gasteiger partial charge in [-0.05, 0) is 13.3 Å². The molecule has 1 atom stereocenters. The Labute approximate surface area is 60.9 Å². The minimum atomic E-state index is -0.154. The molecule has 0 radical (unpaired) electrons. The zero-order valence-corrected chi connectivity index (χ0v) is 6.38. The summed E-state index contributed by atoms with van der Waals surface area (Å²) in [4.78, 5) is 11.0. The number of hydrogen-bond donors (Lipinski definition) is 0. The van der Waals surface area contributed by atoms with Crippen LogP contribution in [0.25, 0.3) is 0 Å². The Balaban J connectivity index is 2.32. The highest BCUT2D eigenvalue weighted by molar-refractivity contribution is 4.50. The Morgan fingerprint density at radius 2 is 2.40 bits per heavy atom. The van der Waals surface area contributed by atoms with Crippen LogP contribution in [0.2, 0.25) is 0 Å². The van der Waals surface area contributed by atoms with Crippen molar-refractivity contribution in [1.29, 1.82) is 0 Å². The molecule has 1 heterocycles. The lowest BCUT2D eigenvalue weighted by Gasteiger charge is -2.12. The predicted molar refractivity (Wildman–Crippen MR) is 37.8 cm³/mol. The maximum Gasteiger partial charge on any atom is 0.304 e. The SMILES string of the molecule is CCOC1CCCC[N+]1=O. The zero-order valence-electron chi connectivity index (χ0n) is 6.38. The molecule has 1 saturated heterocycles. The Morgan fingerprint density at radius 1 is 1.60 bits per heavy atom. The van der Waals surface area contributed by atoms with Crippen LogP contribution in [0.4, 0.5) is 0 Å². The number of ether oxygens (including phenoxy) is 1. The third-order valence-electron chi connectivity index (χ3n) is 1.76. The molecule has 0 saturated carbocycles. The number of rotatable bonds is 2. The first-order chi connectivity index (χ1) is 4.84. The Bertz CT molecular complexity index is 123. The smallest absolute Gasteiger partial charge is 0.304 e. The molecule has 0 aliphatic carbocycles. The Kier molecular flexibility index (Phi) is 2.81. The molecule has 3 heteroatoms. The van der Waals surface area contributed by atoms with Gasteiger partial charge in [0, 0.05) is 22.5 Å². The van der Waals surface area contributed by atoms with Crippen molar-refractivity contribution in [2.75, 3.05) is 13.2 Å². The van der Waals surface area contributed by atoms with Gasteiger partial charge in [-0.2, -0.15) is 0 Å². The fourth-order valence-electron chi connectivity index (χ4n) is 1.23. The predicted octanol–water partition coefficient (Wildman–Crippen LogP) is 1.31. The molecule has 1 rings (SSSR count). The summed E-state index contributed by atoms with van der Waals surface area (Å²) in [6.45, 7) is 3.20. The first-order valence-electron chi connectivity index (χ1n) is 3.90. The number of nitroso groups, excluding NO2 is 1. The van der Waals surface area contributed by atoms with Crippen LogP contribution in [-0.4, -0.2) is 24.1 Å². The van der Waals surface area contributed by atoms with Crippen LogP contribution in [0.1, 0.15) is 26.2 Å². The van der Waals surface area contributed by atoms with Gasteiger partial charge in [-0.25, -0.2) is 0 Å². The van der Waals surface area contributed by atoms with Crippen molar-refractivity contribution in [3.8, 4) is 0 Å². The molecule has 0 bridgehead atoms. The van der Waals surface area contributed by atoms with Gasteiger partial charge < -0.3 is 4.74 Å². The second-order valence-corrected chi connectivity index (χ2v) is 2.55. The fraction of sp³-hybridized carbons (Fsp3) is 1.00. The van der Waals surface area contributed by atoms with Crippen molar-refractivity contribution in [3.05, 3.63) is 4.91 Å². The maximum atomic E-state index is 11.0. The molecule has 1 aliphatic heterocycles. The average molecular weight is 144 g/mol. The van der Waals surface area contributed by atoms with Gasteiger partial charge in [-0.1, -0.05) is 0 Å². The first-order valence-corrected chi connectivity index (χ1v) is 3.90. The van der Waals surface area contributed by atoms with E-state index in [4.69, 9.17) is 4.74 Å². The van der Waals surface area contributed by atoms with Crippen molar-refractivity contribution >= 4 is 0 Å². The summed E-state index contributed by atoms with van der Waals surface area (Å²) in [6.07, 6.45) is 2.90. The lowest BCUT2D eigenvalue weighted by molar-refractivity contribution is -0.640. The van der Waals surface area contributed by atoms with Crippen molar-refractivity contribution in [2.45, 2.75) is 32.4 Å². The van der Waals surface area contributed by atoms with Crippen LogP contribution in [-0.2, 0) is 4.74 Å². The van der Waals surface area contributed by atoms with Gasteiger partial charge in [-0.15, -0.1) is 0 Å². The highest BCUT2D eigenvalue weighted by Gasteiger charge is 2.28. The third-order valence-corrected chi connectivity index (χ3v) is 1.76. The van der Waals surface area contributed by atoms with E-state index in [1.807, 2.05) is 6.92 Å². The summed E-state index contributed by atoms with van der Waals surface area (Å²) in [7, 11) is 0. The van der Waals surface area contributed by atoms with Gasteiger partial charge in [0.1, 0.15) is 0 Å². The quantitative estimate of drug-likeness (QED) is 0.547. The number of nitrogens with zero attached hydrogens (tertiary/aromatic N) is 1. The van der Waals surface area contributed by atoms with E-state index in [1.165, 1.54) is 0 Å². The lowest BCUT2D eigenvalue weighted by Crippen LogP contribution is -2.31. The molecular weight excluding hydrogens is 130 g/mol. The van der Waals surface area contributed by atoms with Crippen molar-refractivity contribution in [3.63, 3.8) is 0 Å². The Hall–Kier alpha value is -0.440.